The van der Waals surface area contributed by atoms with Crippen molar-refractivity contribution in [2.75, 3.05) is 5.32 Å². The van der Waals surface area contributed by atoms with Crippen molar-refractivity contribution in [2.24, 2.45) is 0 Å². The molecule has 1 N–H and O–H groups in total. The number of nitrogens with zero attached hydrogens (tertiary/aromatic N) is 3. The molecule has 0 unspecified atom stereocenters. The van der Waals surface area contributed by atoms with Gasteiger partial charge in [0.15, 0.2) is 11.6 Å². The summed E-state index contributed by atoms with van der Waals surface area (Å²) in [6.45, 7) is 5.56. The third-order valence-corrected chi connectivity index (χ3v) is 4.31. The Labute approximate surface area is 167 Å². The molecule has 0 saturated heterocycles. The SMILES string of the molecule is Cc1cncc(COc2cnc(C)nc2N[C@H](C)c2cccc(C(F)F)c2F)c1. The van der Waals surface area contributed by atoms with Crippen LogP contribution in [-0.2, 0) is 6.61 Å². The van der Waals surface area contributed by atoms with Gasteiger partial charge in [-0.2, -0.15) is 0 Å². The summed E-state index contributed by atoms with van der Waals surface area (Å²) in [5, 5.41) is 3.05. The monoisotopic (exact) mass is 402 g/mol. The summed E-state index contributed by atoms with van der Waals surface area (Å²) in [4.78, 5) is 12.6. The van der Waals surface area contributed by atoms with E-state index >= 15 is 0 Å². The molecule has 8 heteroatoms. The van der Waals surface area contributed by atoms with Gasteiger partial charge in [0.2, 0.25) is 0 Å². The smallest absolute Gasteiger partial charge is 0.266 e. The summed E-state index contributed by atoms with van der Waals surface area (Å²) >= 11 is 0. The zero-order valence-electron chi connectivity index (χ0n) is 16.3. The molecule has 0 bridgehead atoms. The minimum absolute atomic E-state index is 0.118. The summed E-state index contributed by atoms with van der Waals surface area (Å²) in [6, 6.07) is 5.28. The van der Waals surface area contributed by atoms with Crippen LogP contribution in [0.1, 0.15) is 47.5 Å². The first-order chi connectivity index (χ1) is 13.8. The van der Waals surface area contributed by atoms with E-state index in [1.807, 2.05) is 13.0 Å². The third-order valence-electron chi connectivity index (χ3n) is 4.31. The zero-order valence-corrected chi connectivity index (χ0v) is 16.3. The van der Waals surface area contributed by atoms with Crippen molar-refractivity contribution in [2.45, 2.75) is 39.8 Å². The molecule has 0 aliphatic rings. The lowest BCUT2D eigenvalue weighted by molar-refractivity contribution is 0.146. The van der Waals surface area contributed by atoms with Crippen LogP contribution in [0.3, 0.4) is 0 Å². The molecule has 0 aliphatic heterocycles. The van der Waals surface area contributed by atoms with Gasteiger partial charge in [-0.25, -0.2) is 23.1 Å². The quantitative estimate of drug-likeness (QED) is 0.580. The molecule has 0 fully saturated rings. The Kier molecular flexibility index (Phi) is 6.31. The van der Waals surface area contributed by atoms with Crippen molar-refractivity contribution >= 4 is 5.82 Å². The molecule has 0 amide bonds. The molecule has 5 nitrogen and oxygen atoms in total. The van der Waals surface area contributed by atoms with E-state index in [-0.39, 0.29) is 12.2 Å². The standard InChI is InChI=1S/C21H21F3N4O/c1-12-7-15(9-25-8-12)11-29-18-10-26-14(3)28-21(18)27-13(2)16-5-4-6-17(19(16)22)20(23)24/h4-10,13,20H,11H2,1-3H3,(H,26,27,28)/t13-/m1/s1. The van der Waals surface area contributed by atoms with Crippen LogP contribution in [0.5, 0.6) is 5.75 Å². The van der Waals surface area contributed by atoms with Crippen molar-refractivity contribution in [1.29, 1.82) is 0 Å². The number of hydrogen-bond donors (Lipinski definition) is 1. The highest BCUT2D eigenvalue weighted by atomic mass is 19.3. The van der Waals surface area contributed by atoms with E-state index < -0.39 is 23.8 Å². The van der Waals surface area contributed by atoms with E-state index in [1.165, 1.54) is 18.3 Å². The topological polar surface area (TPSA) is 59.9 Å². The second-order valence-corrected chi connectivity index (χ2v) is 6.71. The largest absolute Gasteiger partial charge is 0.483 e. The molecule has 2 heterocycles. The lowest BCUT2D eigenvalue weighted by atomic mass is 10.0. The van der Waals surface area contributed by atoms with Crippen molar-refractivity contribution < 1.29 is 17.9 Å². The van der Waals surface area contributed by atoms with E-state index in [0.717, 1.165) is 17.2 Å². The molecule has 0 saturated carbocycles. The minimum atomic E-state index is -2.88. The fourth-order valence-electron chi connectivity index (χ4n) is 2.88. The summed E-state index contributed by atoms with van der Waals surface area (Å²) in [5.74, 6) is 0.287. The predicted molar refractivity (Wildman–Crippen MR) is 103 cm³/mol. The molecule has 3 aromatic rings. The zero-order chi connectivity index (χ0) is 21.0. The van der Waals surface area contributed by atoms with Gasteiger partial charge >= 0.3 is 0 Å². The minimum Gasteiger partial charge on any atom is -0.483 e. The lowest BCUT2D eigenvalue weighted by Crippen LogP contribution is -2.13. The second kappa shape index (κ2) is 8.89. The highest BCUT2D eigenvalue weighted by molar-refractivity contribution is 5.50. The first kappa shape index (κ1) is 20.6. The number of aromatic nitrogens is 3. The van der Waals surface area contributed by atoms with Crippen LogP contribution >= 0.6 is 0 Å². The first-order valence-electron chi connectivity index (χ1n) is 9.05. The molecule has 0 aliphatic carbocycles. The fraction of sp³-hybridized carbons (Fsp3) is 0.286. The van der Waals surface area contributed by atoms with E-state index in [0.29, 0.717) is 17.4 Å². The van der Waals surface area contributed by atoms with Gasteiger partial charge < -0.3 is 10.1 Å². The molecule has 2 aromatic heterocycles. The maximum Gasteiger partial charge on any atom is 0.266 e. The predicted octanol–water partition coefficient (Wildman–Crippen LogP) is 5.32. The molecule has 1 aromatic carbocycles. The Morgan fingerprint density at radius 1 is 1.10 bits per heavy atom. The third kappa shape index (κ3) is 5.01. The van der Waals surface area contributed by atoms with Gasteiger partial charge in [0.1, 0.15) is 18.2 Å². The van der Waals surface area contributed by atoms with Gasteiger partial charge in [-0.15, -0.1) is 0 Å². The average Bonchev–Trinajstić information content (AvgIpc) is 2.67. The van der Waals surface area contributed by atoms with Crippen molar-refractivity contribution in [3.8, 4) is 5.75 Å². The molecule has 152 valence electrons. The Morgan fingerprint density at radius 3 is 2.59 bits per heavy atom. The Balaban J connectivity index is 1.82. The lowest BCUT2D eigenvalue weighted by Gasteiger charge is -2.19. The maximum atomic E-state index is 14.5. The van der Waals surface area contributed by atoms with Crippen molar-refractivity contribution in [3.63, 3.8) is 0 Å². The summed E-state index contributed by atoms with van der Waals surface area (Å²) in [6.07, 6.45) is 2.08. The van der Waals surface area contributed by atoms with E-state index in [2.05, 4.69) is 20.3 Å². The summed E-state index contributed by atoms with van der Waals surface area (Å²) in [5.41, 5.74) is 1.37. The van der Waals surface area contributed by atoms with E-state index in [4.69, 9.17) is 4.74 Å². The molecule has 1 atom stereocenters. The number of pyridine rings is 1. The summed E-state index contributed by atoms with van der Waals surface area (Å²) in [7, 11) is 0. The number of hydrogen-bond acceptors (Lipinski definition) is 5. The van der Waals surface area contributed by atoms with Gasteiger partial charge in [-0.05, 0) is 32.4 Å². The van der Waals surface area contributed by atoms with Gasteiger partial charge in [-0.1, -0.05) is 18.2 Å². The molecule has 0 radical (unpaired) electrons. The molecule has 0 spiro atoms. The van der Waals surface area contributed by atoms with Gasteiger partial charge in [0.05, 0.1) is 17.8 Å². The molecular weight excluding hydrogens is 381 g/mol. The van der Waals surface area contributed by atoms with E-state index in [1.54, 1.807) is 26.2 Å². The number of alkyl halides is 2. The van der Waals surface area contributed by atoms with Crippen LogP contribution in [-0.4, -0.2) is 15.0 Å². The number of halogens is 3. The summed E-state index contributed by atoms with van der Waals surface area (Å²) < 4.78 is 46.3. The number of rotatable bonds is 7. The van der Waals surface area contributed by atoms with Crippen molar-refractivity contribution in [1.82, 2.24) is 15.0 Å². The molecule has 3 rings (SSSR count). The van der Waals surface area contributed by atoms with Crippen LogP contribution in [0, 0.1) is 19.7 Å². The van der Waals surface area contributed by atoms with Crippen molar-refractivity contribution in [3.05, 3.63) is 76.8 Å². The maximum absolute atomic E-state index is 14.5. The van der Waals surface area contributed by atoms with Crippen LogP contribution in [0.4, 0.5) is 19.0 Å². The van der Waals surface area contributed by atoms with Crippen LogP contribution in [0.2, 0.25) is 0 Å². The number of aryl methyl sites for hydroxylation is 2. The fourth-order valence-corrected chi connectivity index (χ4v) is 2.88. The number of nitrogens with one attached hydrogen (secondary N) is 1. The van der Waals surface area contributed by atoms with Gasteiger partial charge in [0, 0.05) is 23.5 Å². The Morgan fingerprint density at radius 2 is 1.86 bits per heavy atom. The number of ether oxygens (including phenoxy) is 1. The second-order valence-electron chi connectivity index (χ2n) is 6.71. The highest BCUT2D eigenvalue weighted by Crippen LogP contribution is 2.31. The van der Waals surface area contributed by atoms with Gasteiger partial charge in [-0.3, -0.25) is 4.98 Å². The van der Waals surface area contributed by atoms with Gasteiger partial charge in [0.25, 0.3) is 6.43 Å². The molecule has 29 heavy (non-hydrogen) atoms. The Hall–Kier alpha value is -3.16. The van der Waals surface area contributed by atoms with Crippen LogP contribution in [0.15, 0.2) is 42.9 Å². The van der Waals surface area contributed by atoms with Crippen LogP contribution < -0.4 is 10.1 Å². The Bertz CT molecular complexity index is 997. The normalized spacial score (nSPS) is 12.1. The molecular formula is C21H21F3N4O. The average molecular weight is 402 g/mol. The van der Waals surface area contributed by atoms with Crippen LogP contribution in [0.25, 0.3) is 0 Å². The number of benzene rings is 1. The highest BCUT2D eigenvalue weighted by Gasteiger charge is 2.20. The van der Waals surface area contributed by atoms with E-state index in [9.17, 15) is 13.2 Å². The number of anilines is 1. The first-order valence-corrected chi connectivity index (χ1v) is 9.05.